The van der Waals surface area contributed by atoms with E-state index in [0.717, 1.165) is 25.7 Å². The quantitative estimate of drug-likeness (QED) is 0.861. The van der Waals surface area contributed by atoms with Crippen molar-refractivity contribution in [2.75, 3.05) is 6.54 Å². The maximum absolute atomic E-state index is 12.8. The van der Waals surface area contributed by atoms with Gasteiger partial charge in [-0.2, -0.15) is 4.31 Å². The molecule has 6 heteroatoms. The molecule has 0 spiro atoms. The molecule has 0 aromatic carbocycles. The topological polar surface area (TPSA) is 50.3 Å². The molecule has 110 valence electrons. The van der Waals surface area contributed by atoms with Crippen molar-refractivity contribution < 1.29 is 8.42 Å². The Hall–Kier alpha value is -0.650. The monoisotopic (exact) mass is 314 g/mol. The largest absolute Gasteiger partial charge is 0.263 e. The number of aromatic nitrogens is 1. The normalized spacial score (nSPS) is 25.4. The first kappa shape index (κ1) is 14.3. The van der Waals surface area contributed by atoms with Crippen LogP contribution in [0.15, 0.2) is 23.4 Å². The van der Waals surface area contributed by atoms with E-state index in [4.69, 9.17) is 11.6 Å². The molecule has 2 fully saturated rings. The van der Waals surface area contributed by atoms with Crippen molar-refractivity contribution in [1.29, 1.82) is 0 Å². The minimum absolute atomic E-state index is 0.145. The lowest BCUT2D eigenvalue weighted by Crippen LogP contribution is -2.39. The number of rotatable bonds is 3. The van der Waals surface area contributed by atoms with Crippen molar-refractivity contribution in [1.82, 2.24) is 9.29 Å². The van der Waals surface area contributed by atoms with Crippen LogP contribution >= 0.6 is 11.6 Å². The molecule has 1 aromatic rings. The molecule has 1 saturated carbocycles. The summed E-state index contributed by atoms with van der Waals surface area (Å²) in [6.07, 6.45) is 9.54. The van der Waals surface area contributed by atoms with E-state index in [9.17, 15) is 8.42 Å². The fourth-order valence-corrected chi connectivity index (χ4v) is 5.72. The molecule has 2 heterocycles. The van der Waals surface area contributed by atoms with E-state index in [-0.39, 0.29) is 16.0 Å². The minimum Gasteiger partial charge on any atom is -0.263 e. The van der Waals surface area contributed by atoms with Crippen LogP contribution in [-0.2, 0) is 10.0 Å². The summed E-state index contributed by atoms with van der Waals surface area (Å²) >= 11 is 6.05. The Morgan fingerprint density at radius 2 is 1.95 bits per heavy atom. The molecule has 4 nitrogen and oxygen atoms in total. The highest BCUT2D eigenvalue weighted by atomic mass is 35.5. The number of nitrogens with zero attached hydrogens (tertiary/aromatic N) is 2. The van der Waals surface area contributed by atoms with Crippen molar-refractivity contribution in [3.63, 3.8) is 0 Å². The molecule has 0 bridgehead atoms. The van der Waals surface area contributed by atoms with Crippen molar-refractivity contribution >= 4 is 21.6 Å². The first-order chi connectivity index (χ1) is 9.60. The van der Waals surface area contributed by atoms with Crippen LogP contribution < -0.4 is 0 Å². The smallest absolute Gasteiger partial charge is 0.246 e. The highest BCUT2D eigenvalue weighted by Gasteiger charge is 2.40. The number of halogens is 1. The second-order valence-corrected chi connectivity index (χ2v) is 7.94. The third-order valence-corrected chi connectivity index (χ3v) is 6.91. The van der Waals surface area contributed by atoms with Gasteiger partial charge in [0.25, 0.3) is 0 Å². The molecule has 1 aromatic heterocycles. The zero-order chi connectivity index (χ0) is 14.2. The van der Waals surface area contributed by atoms with Crippen LogP contribution in [0.5, 0.6) is 0 Å². The Labute approximate surface area is 125 Å². The highest BCUT2D eigenvalue weighted by molar-refractivity contribution is 7.89. The van der Waals surface area contributed by atoms with E-state index < -0.39 is 10.0 Å². The lowest BCUT2D eigenvalue weighted by molar-refractivity contribution is 0.288. The number of pyridine rings is 1. The molecule has 1 saturated heterocycles. The van der Waals surface area contributed by atoms with E-state index in [1.54, 1.807) is 4.31 Å². The molecule has 0 N–H and O–H groups in total. The van der Waals surface area contributed by atoms with Crippen molar-refractivity contribution in [2.45, 2.75) is 49.5 Å². The van der Waals surface area contributed by atoms with E-state index >= 15 is 0 Å². The summed E-state index contributed by atoms with van der Waals surface area (Å²) in [4.78, 5) is 4.06. The lowest BCUT2D eigenvalue weighted by Gasteiger charge is -2.28. The SMILES string of the molecule is O=S(=O)(c1cnccc1Cl)N1CCCC1C1CCCC1. The minimum atomic E-state index is -3.52. The summed E-state index contributed by atoms with van der Waals surface area (Å²) in [5.41, 5.74) is 0. The second-order valence-electron chi connectivity index (χ2n) is 5.68. The van der Waals surface area contributed by atoms with Crippen LogP contribution in [0.25, 0.3) is 0 Å². The number of hydrogen-bond acceptors (Lipinski definition) is 3. The highest BCUT2D eigenvalue weighted by Crippen LogP contribution is 2.38. The van der Waals surface area contributed by atoms with Crippen LogP contribution in [0, 0.1) is 5.92 Å². The zero-order valence-corrected chi connectivity index (χ0v) is 12.9. The second kappa shape index (κ2) is 5.62. The maximum Gasteiger partial charge on any atom is 0.246 e. The molecule has 0 radical (unpaired) electrons. The van der Waals surface area contributed by atoms with Gasteiger partial charge in [-0.05, 0) is 37.7 Å². The summed E-state index contributed by atoms with van der Waals surface area (Å²) in [5.74, 6) is 0.516. The van der Waals surface area contributed by atoms with Gasteiger partial charge >= 0.3 is 0 Å². The summed E-state index contributed by atoms with van der Waals surface area (Å²) in [6.45, 7) is 0.606. The first-order valence-corrected chi connectivity index (χ1v) is 9.04. The predicted octanol–water partition coefficient (Wildman–Crippen LogP) is 3.08. The van der Waals surface area contributed by atoms with E-state index in [0.29, 0.717) is 12.5 Å². The van der Waals surface area contributed by atoms with Crippen molar-refractivity contribution in [3.8, 4) is 0 Å². The maximum atomic E-state index is 12.8. The first-order valence-electron chi connectivity index (χ1n) is 7.22. The Bertz CT molecular complexity index is 585. The molecule has 1 unspecified atom stereocenters. The van der Waals surface area contributed by atoms with Gasteiger partial charge in [-0.1, -0.05) is 24.4 Å². The van der Waals surface area contributed by atoms with Gasteiger partial charge in [0.15, 0.2) is 0 Å². The number of hydrogen-bond donors (Lipinski definition) is 0. The van der Waals surface area contributed by atoms with Crippen LogP contribution in [0.3, 0.4) is 0 Å². The van der Waals surface area contributed by atoms with E-state index in [1.165, 1.54) is 31.3 Å². The van der Waals surface area contributed by atoms with Gasteiger partial charge in [0.05, 0.1) is 5.02 Å². The molecule has 1 aliphatic heterocycles. The van der Waals surface area contributed by atoms with Crippen LogP contribution in [0.1, 0.15) is 38.5 Å². The standard InChI is InChI=1S/C14H19ClN2O2S/c15-12-7-8-16-10-14(12)20(18,19)17-9-3-6-13(17)11-4-1-2-5-11/h7-8,10-11,13H,1-6,9H2. The van der Waals surface area contributed by atoms with E-state index in [1.807, 2.05) is 0 Å². The van der Waals surface area contributed by atoms with Crippen LogP contribution in [-0.4, -0.2) is 30.3 Å². The van der Waals surface area contributed by atoms with Crippen molar-refractivity contribution in [2.24, 2.45) is 5.92 Å². The lowest BCUT2D eigenvalue weighted by atomic mass is 9.97. The zero-order valence-electron chi connectivity index (χ0n) is 11.3. The van der Waals surface area contributed by atoms with Crippen LogP contribution in [0.2, 0.25) is 5.02 Å². The molecular weight excluding hydrogens is 296 g/mol. The third kappa shape index (κ3) is 2.47. The van der Waals surface area contributed by atoms with Gasteiger partial charge in [0, 0.05) is 25.0 Å². The van der Waals surface area contributed by atoms with Gasteiger partial charge in [-0.15, -0.1) is 0 Å². The Morgan fingerprint density at radius 3 is 2.65 bits per heavy atom. The molecule has 3 rings (SSSR count). The van der Waals surface area contributed by atoms with Gasteiger partial charge in [0.2, 0.25) is 10.0 Å². The molecule has 0 amide bonds. The fourth-order valence-electron chi connectivity index (χ4n) is 3.56. The van der Waals surface area contributed by atoms with Gasteiger partial charge in [0.1, 0.15) is 4.90 Å². The fraction of sp³-hybridized carbons (Fsp3) is 0.643. The Morgan fingerprint density at radius 1 is 1.20 bits per heavy atom. The number of sulfonamides is 1. The third-order valence-electron chi connectivity index (χ3n) is 4.51. The summed E-state index contributed by atoms with van der Waals surface area (Å²) in [5, 5.41) is 0.261. The molecular formula is C14H19ClN2O2S. The Balaban J connectivity index is 1.92. The van der Waals surface area contributed by atoms with Gasteiger partial charge < -0.3 is 0 Å². The average Bonchev–Trinajstić information content (AvgIpc) is 3.10. The molecule has 20 heavy (non-hydrogen) atoms. The summed E-state index contributed by atoms with van der Waals surface area (Å²) in [6, 6.07) is 1.69. The van der Waals surface area contributed by atoms with Gasteiger partial charge in [-0.25, -0.2) is 8.42 Å². The van der Waals surface area contributed by atoms with E-state index in [2.05, 4.69) is 4.98 Å². The van der Waals surface area contributed by atoms with Gasteiger partial charge in [-0.3, -0.25) is 4.98 Å². The Kier molecular flexibility index (Phi) is 4.02. The molecule has 1 aliphatic carbocycles. The molecule has 1 atom stereocenters. The molecule has 2 aliphatic rings. The van der Waals surface area contributed by atoms with Crippen LogP contribution in [0.4, 0.5) is 0 Å². The van der Waals surface area contributed by atoms with Crippen molar-refractivity contribution in [3.05, 3.63) is 23.5 Å². The predicted molar refractivity (Wildman–Crippen MR) is 78.1 cm³/mol. The summed E-state index contributed by atoms with van der Waals surface area (Å²) in [7, 11) is -3.52. The average molecular weight is 315 g/mol. The summed E-state index contributed by atoms with van der Waals surface area (Å²) < 4.78 is 27.3.